The summed E-state index contributed by atoms with van der Waals surface area (Å²) in [6.45, 7) is 2.09. The molecule has 0 radical (unpaired) electrons. The molecule has 0 amide bonds. The van der Waals surface area contributed by atoms with E-state index in [0.717, 1.165) is 39.0 Å². The van der Waals surface area contributed by atoms with Crippen LogP contribution in [-0.2, 0) is 6.54 Å². The van der Waals surface area contributed by atoms with Crippen LogP contribution in [-0.4, -0.2) is 13.7 Å². The third kappa shape index (κ3) is 3.07. The molecule has 0 heterocycles. The summed E-state index contributed by atoms with van der Waals surface area (Å²) in [7, 11) is 1.69. The number of halogens is 2. The molecule has 3 rings (SSSR count). The second kappa shape index (κ2) is 6.37. The highest BCUT2D eigenvalue weighted by Crippen LogP contribution is 2.48. The van der Waals surface area contributed by atoms with E-state index in [1.165, 1.54) is 37.8 Å². The first kappa shape index (κ1) is 14.9. The predicted octanol–water partition coefficient (Wildman–Crippen LogP) is 4.75. The molecule has 110 valence electrons. The molecule has 1 N–H and O–H groups in total. The zero-order valence-corrected chi connectivity index (χ0v) is 15.0. The number of ether oxygens (including phenoxy) is 1. The first-order chi connectivity index (χ1) is 9.67. The van der Waals surface area contributed by atoms with Gasteiger partial charge in [0.2, 0.25) is 0 Å². The van der Waals surface area contributed by atoms with E-state index in [-0.39, 0.29) is 0 Å². The molecule has 4 heteroatoms. The van der Waals surface area contributed by atoms with Crippen molar-refractivity contribution in [2.24, 2.45) is 17.8 Å². The van der Waals surface area contributed by atoms with Gasteiger partial charge in [-0.3, -0.25) is 0 Å². The Morgan fingerprint density at radius 1 is 1.20 bits per heavy atom. The van der Waals surface area contributed by atoms with Gasteiger partial charge in [0.05, 0.1) is 16.1 Å². The molecule has 2 aliphatic rings. The van der Waals surface area contributed by atoms with Gasteiger partial charge in [0.1, 0.15) is 5.75 Å². The van der Waals surface area contributed by atoms with Crippen LogP contribution in [0.4, 0.5) is 0 Å². The minimum Gasteiger partial charge on any atom is -0.494 e. The Hall–Kier alpha value is -0.0600. The highest BCUT2D eigenvalue weighted by Gasteiger charge is 2.38. The summed E-state index contributed by atoms with van der Waals surface area (Å²) in [4.78, 5) is 0. The van der Waals surface area contributed by atoms with Crippen LogP contribution in [0.5, 0.6) is 5.75 Å². The van der Waals surface area contributed by atoms with Crippen molar-refractivity contribution < 1.29 is 4.74 Å². The van der Waals surface area contributed by atoms with Gasteiger partial charge in [-0.2, -0.15) is 0 Å². The zero-order chi connectivity index (χ0) is 14.1. The maximum absolute atomic E-state index is 5.34. The predicted molar refractivity (Wildman–Crippen MR) is 89.0 cm³/mol. The Bertz CT molecular complexity index is 468. The van der Waals surface area contributed by atoms with Crippen LogP contribution in [0.25, 0.3) is 0 Å². The monoisotopic (exact) mass is 401 g/mol. The topological polar surface area (TPSA) is 21.3 Å². The van der Waals surface area contributed by atoms with E-state index in [4.69, 9.17) is 4.74 Å². The van der Waals surface area contributed by atoms with Crippen molar-refractivity contribution in [2.75, 3.05) is 13.7 Å². The summed E-state index contributed by atoms with van der Waals surface area (Å²) in [6, 6.07) is 4.27. The lowest BCUT2D eigenvalue weighted by atomic mass is 9.89. The standard InChI is InChI=1S/C16H21Br2NO/c1-20-16-14(17)6-11(7-15(16)18)8-19-9-13-5-10-2-3-12(13)4-10/h6-7,10,12-13,19H,2-5,8-9H2,1H3. The number of hydrogen-bond donors (Lipinski definition) is 1. The molecule has 0 spiro atoms. The van der Waals surface area contributed by atoms with E-state index in [9.17, 15) is 0 Å². The minimum absolute atomic E-state index is 0.863. The minimum atomic E-state index is 0.863. The van der Waals surface area contributed by atoms with Crippen LogP contribution in [0.2, 0.25) is 0 Å². The second-order valence-electron chi connectivity index (χ2n) is 6.16. The molecule has 1 aromatic carbocycles. The van der Waals surface area contributed by atoms with E-state index >= 15 is 0 Å². The number of rotatable bonds is 5. The van der Waals surface area contributed by atoms with Gasteiger partial charge in [-0.15, -0.1) is 0 Å². The quantitative estimate of drug-likeness (QED) is 0.767. The van der Waals surface area contributed by atoms with Crippen molar-refractivity contribution >= 4 is 31.9 Å². The molecule has 2 aliphatic carbocycles. The van der Waals surface area contributed by atoms with Crippen LogP contribution >= 0.6 is 31.9 Å². The Morgan fingerprint density at radius 3 is 2.50 bits per heavy atom. The van der Waals surface area contributed by atoms with Gasteiger partial charge in [0.15, 0.2) is 0 Å². The van der Waals surface area contributed by atoms with Gasteiger partial charge >= 0.3 is 0 Å². The number of hydrogen-bond acceptors (Lipinski definition) is 2. The highest BCUT2D eigenvalue weighted by atomic mass is 79.9. The van der Waals surface area contributed by atoms with Crippen molar-refractivity contribution in [3.8, 4) is 5.75 Å². The maximum Gasteiger partial charge on any atom is 0.147 e. The van der Waals surface area contributed by atoms with Gasteiger partial charge in [-0.05, 0) is 93.1 Å². The lowest BCUT2D eigenvalue weighted by Gasteiger charge is -2.22. The summed E-state index contributed by atoms with van der Waals surface area (Å²) in [5.41, 5.74) is 1.28. The third-order valence-electron chi connectivity index (χ3n) is 4.88. The molecule has 2 nitrogen and oxygen atoms in total. The SMILES string of the molecule is COc1c(Br)cc(CNCC2CC3CCC2C3)cc1Br. The maximum atomic E-state index is 5.34. The fraction of sp³-hybridized carbons (Fsp3) is 0.625. The van der Waals surface area contributed by atoms with Gasteiger partial charge < -0.3 is 10.1 Å². The number of nitrogens with one attached hydrogen (secondary N) is 1. The molecule has 2 saturated carbocycles. The first-order valence-corrected chi connectivity index (χ1v) is 8.98. The van der Waals surface area contributed by atoms with Gasteiger partial charge in [-0.1, -0.05) is 6.42 Å². The summed E-state index contributed by atoms with van der Waals surface area (Å²) in [5.74, 6) is 3.82. The van der Waals surface area contributed by atoms with E-state index < -0.39 is 0 Å². The van der Waals surface area contributed by atoms with Crippen molar-refractivity contribution in [2.45, 2.75) is 32.2 Å². The van der Waals surface area contributed by atoms with Gasteiger partial charge in [-0.25, -0.2) is 0 Å². The summed E-state index contributed by atoms with van der Waals surface area (Å²) < 4.78 is 7.35. The van der Waals surface area contributed by atoms with Crippen LogP contribution < -0.4 is 10.1 Å². The Kier molecular flexibility index (Phi) is 4.73. The fourth-order valence-corrected chi connectivity index (χ4v) is 5.54. The highest BCUT2D eigenvalue weighted by molar-refractivity contribution is 9.11. The molecular weight excluding hydrogens is 382 g/mol. The molecule has 3 atom stereocenters. The van der Waals surface area contributed by atoms with Crippen molar-refractivity contribution in [1.82, 2.24) is 5.32 Å². The lowest BCUT2D eigenvalue weighted by Crippen LogP contribution is -2.26. The lowest BCUT2D eigenvalue weighted by molar-refractivity contribution is 0.318. The van der Waals surface area contributed by atoms with E-state index in [2.05, 4.69) is 49.3 Å². The smallest absolute Gasteiger partial charge is 0.147 e. The molecule has 0 saturated heterocycles. The first-order valence-electron chi connectivity index (χ1n) is 7.40. The number of benzene rings is 1. The zero-order valence-electron chi connectivity index (χ0n) is 11.8. The van der Waals surface area contributed by atoms with Crippen LogP contribution in [0.1, 0.15) is 31.2 Å². The fourth-order valence-electron chi connectivity index (χ4n) is 3.94. The average Bonchev–Trinajstić information content (AvgIpc) is 3.01. The second-order valence-corrected chi connectivity index (χ2v) is 7.87. The molecule has 2 bridgehead atoms. The van der Waals surface area contributed by atoms with Crippen molar-refractivity contribution in [3.63, 3.8) is 0 Å². The van der Waals surface area contributed by atoms with E-state index in [1.807, 2.05) is 0 Å². The molecule has 0 aromatic heterocycles. The number of fused-ring (bicyclic) bond motifs is 2. The van der Waals surface area contributed by atoms with E-state index in [0.29, 0.717) is 0 Å². The van der Waals surface area contributed by atoms with Crippen LogP contribution in [0.3, 0.4) is 0 Å². The Labute approximate surface area is 137 Å². The van der Waals surface area contributed by atoms with E-state index in [1.54, 1.807) is 7.11 Å². The third-order valence-corrected chi connectivity index (χ3v) is 6.06. The van der Waals surface area contributed by atoms with Crippen molar-refractivity contribution in [1.29, 1.82) is 0 Å². The number of methoxy groups -OCH3 is 1. The molecule has 20 heavy (non-hydrogen) atoms. The normalized spacial score (nSPS) is 28.1. The summed E-state index contributed by atoms with van der Waals surface area (Å²) >= 11 is 7.12. The van der Waals surface area contributed by atoms with Crippen molar-refractivity contribution in [3.05, 3.63) is 26.6 Å². The van der Waals surface area contributed by atoms with Gasteiger partial charge in [0.25, 0.3) is 0 Å². The summed E-state index contributed by atoms with van der Waals surface area (Å²) in [6.07, 6.45) is 5.90. The molecule has 2 fully saturated rings. The Balaban J connectivity index is 1.54. The summed E-state index contributed by atoms with van der Waals surface area (Å²) in [5, 5.41) is 3.64. The Morgan fingerprint density at radius 2 is 1.95 bits per heavy atom. The van der Waals surface area contributed by atoms with Crippen LogP contribution in [0, 0.1) is 17.8 Å². The largest absolute Gasteiger partial charge is 0.494 e. The molecule has 3 unspecified atom stereocenters. The molecular formula is C16H21Br2NO. The van der Waals surface area contributed by atoms with Gasteiger partial charge in [0, 0.05) is 6.54 Å². The molecule has 1 aromatic rings. The average molecular weight is 403 g/mol. The molecule has 0 aliphatic heterocycles. The van der Waals surface area contributed by atoms with Crippen LogP contribution in [0.15, 0.2) is 21.1 Å².